The molecule has 0 aliphatic carbocycles. The molecule has 7 heteroatoms. The van der Waals surface area contributed by atoms with Gasteiger partial charge in [-0.2, -0.15) is 0 Å². The first-order chi connectivity index (χ1) is 12.9. The molecule has 1 aliphatic heterocycles. The zero-order valence-electron chi connectivity index (χ0n) is 15.2. The van der Waals surface area contributed by atoms with Gasteiger partial charge in [0.05, 0.1) is 16.1 Å². The molecule has 2 aromatic rings. The summed E-state index contributed by atoms with van der Waals surface area (Å²) in [6.07, 6.45) is 4.00. The number of piperidine rings is 1. The summed E-state index contributed by atoms with van der Waals surface area (Å²) in [6, 6.07) is 13.4. The number of amides is 1. The van der Waals surface area contributed by atoms with E-state index in [2.05, 4.69) is 27.6 Å². The summed E-state index contributed by atoms with van der Waals surface area (Å²) in [5.74, 6) is -0.115. The number of halogens is 1. The van der Waals surface area contributed by atoms with Gasteiger partial charge in [0.1, 0.15) is 0 Å². The molecule has 0 spiro atoms. The lowest BCUT2D eigenvalue weighted by Crippen LogP contribution is -2.43. The van der Waals surface area contributed by atoms with Gasteiger partial charge >= 0.3 is 0 Å². The number of likely N-dealkylation sites (tertiary alicyclic amines) is 1. The minimum Gasteiger partial charge on any atom is -0.336 e. The normalized spacial score (nSPS) is 17.6. The van der Waals surface area contributed by atoms with Crippen LogP contribution < -0.4 is 4.72 Å². The van der Waals surface area contributed by atoms with Crippen molar-refractivity contribution in [1.82, 2.24) is 4.90 Å². The average Bonchev–Trinajstić information content (AvgIpc) is 2.68. The van der Waals surface area contributed by atoms with Crippen LogP contribution in [0.25, 0.3) is 0 Å². The number of carbonyl (C=O) groups excluding carboxylic acids is 1. The van der Waals surface area contributed by atoms with Crippen molar-refractivity contribution in [2.75, 3.05) is 11.3 Å². The molecule has 3 rings (SSSR count). The van der Waals surface area contributed by atoms with E-state index in [1.54, 1.807) is 36.4 Å². The molecular formula is C20H23BrN2O3S. The highest BCUT2D eigenvalue weighted by atomic mass is 79.9. The molecule has 0 radical (unpaired) electrons. The maximum absolute atomic E-state index is 13.1. The molecular weight excluding hydrogens is 428 g/mol. The number of hydrogen-bond acceptors (Lipinski definition) is 3. The molecule has 0 aromatic heterocycles. The number of sulfonamides is 1. The second-order valence-electron chi connectivity index (χ2n) is 6.66. The quantitative estimate of drug-likeness (QED) is 0.720. The maximum atomic E-state index is 13.1. The lowest BCUT2D eigenvalue weighted by atomic mass is 9.98. The molecule has 1 heterocycles. The van der Waals surface area contributed by atoms with Crippen LogP contribution >= 0.6 is 15.9 Å². The van der Waals surface area contributed by atoms with Crippen LogP contribution in [-0.4, -0.2) is 31.8 Å². The number of nitrogens with zero attached hydrogens (tertiary/aromatic N) is 1. The summed E-state index contributed by atoms with van der Waals surface area (Å²) in [5.41, 5.74) is 0.699. The fourth-order valence-electron chi connectivity index (χ4n) is 3.42. The first-order valence-corrected chi connectivity index (χ1v) is 11.4. The molecule has 0 bridgehead atoms. The fraction of sp³-hybridized carbons (Fsp3) is 0.350. The Morgan fingerprint density at radius 2 is 1.85 bits per heavy atom. The molecule has 1 fully saturated rings. The maximum Gasteiger partial charge on any atom is 0.261 e. The lowest BCUT2D eigenvalue weighted by molar-refractivity contribution is 0.0609. The Morgan fingerprint density at radius 3 is 2.56 bits per heavy atom. The van der Waals surface area contributed by atoms with Gasteiger partial charge in [0, 0.05) is 17.1 Å². The monoisotopic (exact) mass is 450 g/mol. The number of hydrogen-bond donors (Lipinski definition) is 1. The Hall–Kier alpha value is -1.86. The molecule has 1 saturated heterocycles. The van der Waals surface area contributed by atoms with Crippen molar-refractivity contribution < 1.29 is 13.2 Å². The van der Waals surface area contributed by atoms with Crippen molar-refractivity contribution in [3.05, 3.63) is 58.6 Å². The van der Waals surface area contributed by atoms with Gasteiger partial charge in [-0.15, -0.1) is 0 Å². The van der Waals surface area contributed by atoms with Crippen LogP contribution in [0.15, 0.2) is 57.9 Å². The molecule has 1 aliphatic rings. The smallest absolute Gasteiger partial charge is 0.261 e. The van der Waals surface area contributed by atoms with E-state index in [0.29, 0.717) is 17.8 Å². The van der Waals surface area contributed by atoms with E-state index in [1.807, 2.05) is 4.90 Å². The van der Waals surface area contributed by atoms with Gasteiger partial charge in [-0.1, -0.05) is 35.0 Å². The third kappa shape index (κ3) is 4.52. The second-order valence-corrected chi connectivity index (χ2v) is 9.26. The van der Waals surface area contributed by atoms with Crippen molar-refractivity contribution in [3.63, 3.8) is 0 Å². The van der Waals surface area contributed by atoms with E-state index >= 15 is 0 Å². The van der Waals surface area contributed by atoms with E-state index in [4.69, 9.17) is 0 Å². The Balaban J connectivity index is 1.89. The van der Waals surface area contributed by atoms with Crippen molar-refractivity contribution in [2.24, 2.45) is 0 Å². The van der Waals surface area contributed by atoms with E-state index in [0.717, 1.165) is 30.2 Å². The first-order valence-electron chi connectivity index (χ1n) is 9.11. The minimum absolute atomic E-state index is 0.115. The minimum atomic E-state index is -3.78. The number of carbonyl (C=O) groups is 1. The number of nitrogens with one attached hydrogen (secondary N) is 1. The van der Waals surface area contributed by atoms with E-state index in [1.165, 1.54) is 12.1 Å². The number of para-hydroxylation sites is 1. The van der Waals surface area contributed by atoms with Crippen LogP contribution in [0.4, 0.5) is 5.69 Å². The number of benzene rings is 2. The first kappa shape index (κ1) is 19.9. The zero-order chi connectivity index (χ0) is 19.4. The fourth-order valence-corrected chi connectivity index (χ4v) is 4.77. The van der Waals surface area contributed by atoms with E-state index < -0.39 is 10.0 Å². The summed E-state index contributed by atoms with van der Waals surface area (Å²) in [6.45, 7) is 2.80. The van der Waals surface area contributed by atoms with Gasteiger partial charge in [-0.3, -0.25) is 9.52 Å². The second kappa shape index (κ2) is 8.44. The predicted molar refractivity (Wildman–Crippen MR) is 110 cm³/mol. The lowest BCUT2D eigenvalue weighted by Gasteiger charge is -2.35. The van der Waals surface area contributed by atoms with Gasteiger partial charge in [0.15, 0.2) is 0 Å². The number of rotatable bonds is 5. The van der Waals surface area contributed by atoms with E-state index in [-0.39, 0.29) is 16.8 Å². The van der Waals surface area contributed by atoms with Crippen molar-refractivity contribution in [1.29, 1.82) is 0 Å². The van der Waals surface area contributed by atoms with Gasteiger partial charge in [-0.25, -0.2) is 8.42 Å². The highest BCUT2D eigenvalue weighted by Crippen LogP contribution is 2.26. The summed E-state index contributed by atoms with van der Waals surface area (Å²) in [7, 11) is -3.78. The van der Waals surface area contributed by atoms with Crippen molar-refractivity contribution in [3.8, 4) is 0 Å². The SMILES string of the molecule is CCC1CCCCN1C(=O)c1ccccc1NS(=O)(=O)c1ccc(Br)cc1. The summed E-state index contributed by atoms with van der Waals surface area (Å²) >= 11 is 3.30. The van der Waals surface area contributed by atoms with Crippen LogP contribution in [-0.2, 0) is 10.0 Å². The van der Waals surface area contributed by atoms with Crippen molar-refractivity contribution in [2.45, 2.75) is 43.5 Å². The highest BCUT2D eigenvalue weighted by Gasteiger charge is 2.28. The summed E-state index contributed by atoms with van der Waals surface area (Å²) in [5, 5.41) is 0. The van der Waals surface area contributed by atoms with Crippen LogP contribution in [0.1, 0.15) is 43.0 Å². The molecule has 5 nitrogen and oxygen atoms in total. The molecule has 27 heavy (non-hydrogen) atoms. The van der Waals surface area contributed by atoms with E-state index in [9.17, 15) is 13.2 Å². The average molecular weight is 451 g/mol. The number of anilines is 1. The molecule has 1 N–H and O–H groups in total. The molecule has 1 unspecified atom stereocenters. The Bertz CT molecular complexity index is 913. The van der Waals surface area contributed by atoms with Crippen molar-refractivity contribution >= 4 is 37.5 Å². The van der Waals surface area contributed by atoms with Crippen LogP contribution in [0.5, 0.6) is 0 Å². The summed E-state index contributed by atoms with van der Waals surface area (Å²) in [4.78, 5) is 15.2. The summed E-state index contributed by atoms with van der Waals surface area (Å²) < 4.78 is 28.9. The Morgan fingerprint density at radius 1 is 1.15 bits per heavy atom. The standard InChI is InChI=1S/C20H23BrN2O3S/c1-2-16-7-5-6-14-23(16)20(24)18-8-3-4-9-19(18)22-27(25,26)17-12-10-15(21)11-13-17/h3-4,8-13,16,22H,2,5-7,14H2,1H3. The third-order valence-corrected chi connectivity index (χ3v) is 6.80. The van der Waals surface area contributed by atoms with Gasteiger partial charge < -0.3 is 4.90 Å². The largest absolute Gasteiger partial charge is 0.336 e. The molecule has 1 amide bonds. The Labute approximate surface area is 169 Å². The highest BCUT2D eigenvalue weighted by molar-refractivity contribution is 9.10. The molecule has 0 saturated carbocycles. The van der Waals surface area contributed by atoms with Crippen LogP contribution in [0, 0.1) is 0 Å². The third-order valence-electron chi connectivity index (χ3n) is 4.88. The predicted octanol–water partition coefficient (Wildman–Crippen LogP) is 4.65. The van der Waals surface area contributed by atoms with Gasteiger partial charge in [-0.05, 0) is 62.1 Å². The van der Waals surface area contributed by atoms with Crippen LogP contribution in [0.3, 0.4) is 0 Å². The van der Waals surface area contributed by atoms with Gasteiger partial charge in [0.25, 0.3) is 15.9 Å². The molecule has 2 aromatic carbocycles. The topological polar surface area (TPSA) is 66.5 Å². The zero-order valence-corrected chi connectivity index (χ0v) is 17.6. The van der Waals surface area contributed by atoms with Gasteiger partial charge in [0.2, 0.25) is 0 Å². The molecule has 144 valence electrons. The molecule has 1 atom stereocenters. The Kier molecular flexibility index (Phi) is 6.22. The van der Waals surface area contributed by atoms with Crippen LogP contribution in [0.2, 0.25) is 0 Å².